The number of aliphatic imine (C=N–C) groups is 1. The number of halogens is 1. The van der Waals surface area contributed by atoms with Gasteiger partial charge in [-0.05, 0) is 37.8 Å². The SMILES string of the molecule is CCNC(=NCc1ccccc1COC)N1CCN(C(C)C(=O)N2CCCC2)CC1.I. The Morgan fingerprint density at radius 2 is 1.71 bits per heavy atom. The van der Waals surface area contributed by atoms with Gasteiger partial charge in [-0.1, -0.05) is 24.3 Å². The van der Waals surface area contributed by atoms with Crippen molar-refractivity contribution in [1.82, 2.24) is 20.0 Å². The predicted molar refractivity (Wildman–Crippen MR) is 136 cm³/mol. The largest absolute Gasteiger partial charge is 0.380 e. The van der Waals surface area contributed by atoms with Crippen LogP contribution in [-0.4, -0.2) is 85.5 Å². The van der Waals surface area contributed by atoms with Gasteiger partial charge in [0.2, 0.25) is 5.91 Å². The van der Waals surface area contributed by atoms with Crippen molar-refractivity contribution in [2.45, 2.75) is 45.9 Å². The number of hydrogen-bond acceptors (Lipinski definition) is 4. The molecule has 3 rings (SSSR count). The van der Waals surface area contributed by atoms with E-state index in [1.165, 1.54) is 11.1 Å². The summed E-state index contributed by atoms with van der Waals surface area (Å²) >= 11 is 0. The number of guanidine groups is 1. The average molecular weight is 543 g/mol. The van der Waals surface area contributed by atoms with Gasteiger partial charge in [0, 0.05) is 52.9 Å². The number of carbonyl (C=O) groups excluding carboxylic acids is 1. The van der Waals surface area contributed by atoms with E-state index in [0.29, 0.717) is 13.2 Å². The molecule has 0 spiro atoms. The highest BCUT2D eigenvalue weighted by Gasteiger charge is 2.30. The summed E-state index contributed by atoms with van der Waals surface area (Å²) in [7, 11) is 1.72. The number of likely N-dealkylation sites (tertiary alicyclic amines) is 1. The van der Waals surface area contributed by atoms with Crippen molar-refractivity contribution in [1.29, 1.82) is 0 Å². The van der Waals surface area contributed by atoms with Gasteiger partial charge in [0.05, 0.1) is 19.2 Å². The Morgan fingerprint density at radius 1 is 1.06 bits per heavy atom. The van der Waals surface area contributed by atoms with Crippen LogP contribution in [0.15, 0.2) is 29.3 Å². The summed E-state index contributed by atoms with van der Waals surface area (Å²) in [5, 5.41) is 3.44. The third kappa shape index (κ3) is 7.05. The molecule has 1 N–H and O–H groups in total. The van der Waals surface area contributed by atoms with Crippen molar-refractivity contribution in [2.24, 2.45) is 4.99 Å². The molecule has 8 heteroatoms. The molecule has 1 unspecified atom stereocenters. The molecule has 2 aliphatic rings. The number of hydrogen-bond donors (Lipinski definition) is 1. The number of methoxy groups -OCH3 is 1. The van der Waals surface area contributed by atoms with E-state index in [1.54, 1.807) is 7.11 Å². The third-order valence-electron chi connectivity index (χ3n) is 6.09. The van der Waals surface area contributed by atoms with Crippen LogP contribution in [0.5, 0.6) is 0 Å². The summed E-state index contributed by atoms with van der Waals surface area (Å²) in [6.45, 7) is 11.6. The minimum absolute atomic E-state index is 0. The summed E-state index contributed by atoms with van der Waals surface area (Å²) in [6, 6.07) is 8.26. The number of amides is 1. The van der Waals surface area contributed by atoms with Crippen molar-refractivity contribution in [3.63, 3.8) is 0 Å². The second-order valence-electron chi connectivity index (χ2n) is 8.10. The standard InChI is InChI=1S/C23H37N5O2.HI/c1-4-24-23(25-17-20-9-5-6-10-21(20)18-30-3)28-15-13-26(14-16-28)19(2)22(29)27-11-7-8-12-27;/h5-6,9-10,19H,4,7-8,11-18H2,1-3H3,(H,24,25);1H. The second kappa shape index (κ2) is 13.2. The van der Waals surface area contributed by atoms with Crippen molar-refractivity contribution in [3.8, 4) is 0 Å². The van der Waals surface area contributed by atoms with E-state index < -0.39 is 0 Å². The first-order chi connectivity index (χ1) is 14.6. The average Bonchev–Trinajstić information content (AvgIpc) is 3.32. The van der Waals surface area contributed by atoms with Gasteiger partial charge < -0.3 is 19.9 Å². The fourth-order valence-electron chi connectivity index (χ4n) is 4.27. The van der Waals surface area contributed by atoms with Gasteiger partial charge in [0.15, 0.2) is 5.96 Å². The van der Waals surface area contributed by atoms with E-state index in [9.17, 15) is 4.79 Å². The van der Waals surface area contributed by atoms with E-state index in [-0.39, 0.29) is 35.9 Å². The molecule has 1 aromatic rings. The molecule has 2 saturated heterocycles. The highest BCUT2D eigenvalue weighted by molar-refractivity contribution is 14.0. The Kier molecular flexibility index (Phi) is 11.0. The van der Waals surface area contributed by atoms with Crippen LogP contribution in [-0.2, 0) is 22.7 Å². The number of piperazine rings is 1. The Bertz CT molecular complexity index is 716. The normalized spacial score (nSPS) is 18.6. The van der Waals surface area contributed by atoms with Gasteiger partial charge in [-0.2, -0.15) is 0 Å². The van der Waals surface area contributed by atoms with E-state index in [1.807, 2.05) is 11.0 Å². The summed E-state index contributed by atoms with van der Waals surface area (Å²) in [4.78, 5) is 24.3. The van der Waals surface area contributed by atoms with Crippen molar-refractivity contribution < 1.29 is 9.53 Å². The summed E-state index contributed by atoms with van der Waals surface area (Å²) in [5.41, 5.74) is 2.37. The Hall–Kier alpha value is -1.39. The number of rotatable bonds is 7. The molecule has 0 aromatic heterocycles. The lowest BCUT2D eigenvalue weighted by molar-refractivity contribution is -0.135. The van der Waals surface area contributed by atoms with Crippen LogP contribution in [0, 0.1) is 0 Å². The van der Waals surface area contributed by atoms with Gasteiger partial charge in [-0.3, -0.25) is 9.69 Å². The maximum Gasteiger partial charge on any atom is 0.239 e. The molecule has 7 nitrogen and oxygen atoms in total. The zero-order chi connectivity index (χ0) is 21.3. The number of nitrogens with one attached hydrogen (secondary N) is 1. The summed E-state index contributed by atoms with van der Waals surface area (Å²) in [5.74, 6) is 1.24. The van der Waals surface area contributed by atoms with Gasteiger partial charge >= 0.3 is 0 Å². The topological polar surface area (TPSA) is 60.4 Å². The van der Waals surface area contributed by atoms with Crippen LogP contribution >= 0.6 is 24.0 Å². The minimum Gasteiger partial charge on any atom is -0.380 e. The molecule has 2 aliphatic heterocycles. The third-order valence-corrected chi connectivity index (χ3v) is 6.09. The van der Waals surface area contributed by atoms with Crippen LogP contribution in [0.25, 0.3) is 0 Å². The number of benzene rings is 1. The van der Waals surface area contributed by atoms with E-state index in [2.05, 4.69) is 47.2 Å². The lowest BCUT2D eigenvalue weighted by Crippen LogP contribution is -2.57. The molecule has 31 heavy (non-hydrogen) atoms. The molecule has 0 aliphatic carbocycles. The molecule has 174 valence electrons. The van der Waals surface area contributed by atoms with Gasteiger partial charge in [0.1, 0.15) is 0 Å². The second-order valence-corrected chi connectivity index (χ2v) is 8.10. The number of carbonyl (C=O) groups is 1. The highest BCUT2D eigenvalue weighted by atomic mass is 127. The maximum atomic E-state index is 12.7. The lowest BCUT2D eigenvalue weighted by Gasteiger charge is -2.39. The van der Waals surface area contributed by atoms with Crippen LogP contribution in [0.2, 0.25) is 0 Å². The molecule has 2 heterocycles. The Balaban J connectivity index is 0.00000341. The van der Waals surface area contributed by atoms with Crippen LogP contribution in [0.4, 0.5) is 0 Å². The first-order valence-corrected chi connectivity index (χ1v) is 11.3. The fourth-order valence-corrected chi connectivity index (χ4v) is 4.27. The Labute approximate surface area is 204 Å². The first kappa shape index (κ1) is 25.9. The number of ether oxygens (including phenoxy) is 1. The lowest BCUT2D eigenvalue weighted by atomic mass is 10.1. The molecule has 1 amide bonds. The molecule has 2 fully saturated rings. The van der Waals surface area contributed by atoms with Crippen molar-refractivity contribution in [3.05, 3.63) is 35.4 Å². The highest BCUT2D eigenvalue weighted by Crippen LogP contribution is 2.15. The van der Waals surface area contributed by atoms with E-state index in [0.717, 1.165) is 64.6 Å². The molecule has 1 aromatic carbocycles. The van der Waals surface area contributed by atoms with Crippen molar-refractivity contribution in [2.75, 3.05) is 52.9 Å². The minimum atomic E-state index is -0.0364. The monoisotopic (exact) mass is 543 g/mol. The molecular weight excluding hydrogens is 505 g/mol. The quantitative estimate of drug-likeness (QED) is 0.326. The van der Waals surface area contributed by atoms with E-state index in [4.69, 9.17) is 9.73 Å². The molecule has 0 radical (unpaired) electrons. The zero-order valence-corrected chi connectivity index (χ0v) is 21.5. The fraction of sp³-hybridized carbons (Fsp3) is 0.652. The zero-order valence-electron chi connectivity index (χ0n) is 19.2. The van der Waals surface area contributed by atoms with E-state index >= 15 is 0 Å². The molecular formula is C23H38IN5O2. The van der Waals surface area contributed by atoms with Gasteiger partial charge in [-0.25, -0.2) is 4.99 Å². The molecule has 0 bridgehead atoms. The smallest absolute Gasteiger partial charge is 0.239 e. The first-order valence-electron chi connectivity index (χ1n) is 11.3. The Morgan fingerprint density at radius 3 is 2.32 bits per heavy atom. The number of nitrogens with zero attached hydrogens (tertiary/aromatic N) is 4. The maximum absolute atomic E-state index is 12.7. The summed E-state index contributed by atoms with van der Waals surface area (Å²) < 4.78 is 5.32. The van der Waals surface area contributed by atoms with Gasteiger partial charge in [-0.15, -0.1) is 24.0 Å². The summed E-state index contributed by atoms with van der Waals surface area (Å²) in [6.07, 6.45) is 2.28. The van der Waals surface area contributed by atoms with Crippen molar-refractivity contribution >= 4 is 35.8 Å². The van der Waals surface area contributed by atoms with Gasteiger partial charge in [0.25, 0.3) is 0 Å². The van der Waals surface area contributed by atoms with Crippen LogP contribution in [0.3, 0.4) is 0 Å². The molecule has 1 atom stereocenters. The van der Waals surface area contributed by atoms with Crippen LogP contribution < -0.4 is 5.32 Å². The molecule has 0 saturated carbocycles. The predicted octanol–water partition coefficient (Wildman–Crippen LogP) is 2.55. The van der Waals surface area contributed by atoms with Crippen LogP contribution in [0.1, 0.15) is 37.8 Å².